The molecule has 0 aliphatic carbocycles. The van der Waals surface area contributed by atoms with Crippen LogP contribution in [0.15, 0.2) is 22.9 Å². The molecular weight excluding hydrogens is 232 g/mol. The lowest BCUT2D eigenvalue weighted by Crippen LogP contribution is -2.36. The third-order valence-electron chi connectivity index (χ3n) is 2.10. The lowest BCUT2D eigenvalue weighted by atomic mass is 10.3. The molecule has 1 aliphatic heterocycles. The average Bonchev–Trinajstić information content (AvgIpc) is 2.20. The van der Waals surface area contributed by atoms with Gasteiger partial charge in [-0.05, 0) is 22.0 Å². The van der Waals surface area contributed by atoms with Crippen molar-refractivity contribution in [3.8, 4) is 0 Å². The van der Waals surface area contributed by atoms with Crippen molar-refractivity contribution >= 4 is 21.6 Å². The number of pyridine rings is 1. The summed E-state index contributed by atoms with van der Waals surface area (Å²) in [4.78, 5) is 6.34. The first-order valence-electron chi connectivity index (χ1n) is 4.30. The van der Waals surface area contributed by atoms with E-state index in [0.29, 0.717) is 0 Å². The van der Waals surface area contributed by atoms with E-state index in [1.54, 1.807) is 0 Å². The summed E-state index contributed by atoms with van der Waals surface area (Å²) in [5.41, 5.74) is 1.21. The van der Waals surface area contributed by atoms with Gasteiger partial charge in [0.2, 0.25) is 0 Å². The summed E-state index contributed by atoms with van der Waals surface area (Å²) in [5, 5.41) is 0. The van der Waals surface area contributed by atoms with Crippen molar-refractivity contribution in [3.63, 3.8) is 0 Å². The molecule has 0 unspecified atom stereocenters. The maximum Gasteiger partial charge on any atom is 0.0642 e. The summed E-state index contributed by atoms with van der Waals surface area (Å²) >= 11 is 3.49. The highest BCUT2D eigenvalue weighted by Gasteiger charge is 2.12. The van der Waals surface area contributed by atoms with Gasteiger partial charge in [0.1, 0.15) is 0 Å². The van der Waals surface area contributed by atoms with Crippen LogP contribution in [-0.2, 0) is 4.74 Å². The molecule has 70 valence electrons. The number of aromatic nitrogens is 1. The Bertz CT molecular complexity index is 287. The second-order valence-electron chi connectivity index (χ2n) is 2.93. The van der Waals surface area contributed by atoms with E-state index in [2.05, 4.69) is 25.8 Å². The van der Waals surface area contributed by atoms with Crippen molar-refractivity contribution in [2.45, 2.75) is 0 Å². The summed E-state index contributed by atoms with van der Waals surface area (Å²) in [5.74, 6) is 0. The zero-order valence-electron chi connectivity index (χ0n) is 7.24. The predicted molar refractivity (Wildman–Crippen MR) is 55.0 cm³/mol. The third kappa shape index (κ3) is 2.00. The fourth-order valence-electron chi connectivity index (χ4n) is 1.43. The highest BCUT2D eigenvalue weighted by molar-refractivity contribution is 9.10. The zero-order chi connectivity index (χ0) is 9.10. The standard InChI is InChI=1S/C9H11BrN2O/c10-8-7-11-2-1-9(8)12-3-5-13-6-4-12/h1-2,7H,3-6H2. The second-order valence-corrected chi connectivity index (χ2v) is 3.78. The number of nitrogens with zero attached hydrogens (tertiary/aromatic N) is 2. The van der Waals surface area contributed by atoms with E-state index < -0.39 is 0 Å². The van der Waals surface area contributed by atoms with Crippen LogP contribution < -0.4 is 4.90 Å². The van der Waals surface area contributed by atoms with Gasteiger partial charge in [-0.2, -0.15) is 0 Å². The first kappa shape index (κ1) is 8.97. The predicted octanol–water partition coefficient (Wildman–Crippen LogP) is 1.68. The topological polar surface area (TPSA) is 25.4 Å². The summed E-state index contributed by atoms with van der Waals surface area (Å²) in [6.45, 7) is 3.55. The van der Waals surface area contributed by atoms with Gasteiger partial charge in [-0.1, -0.05) is 0 Å². The molecule has 0 amide bonds. The third-order valence-corrected chi connectivity index (χ3v) is 2.71. The SMILES string of the molecule is Brc1cnccc1N1CCOCC1. The first-order valence-corrected chi connectivity index (χ1v) is 5.09. The zero-order valence-corrected chi connectivity index (χ0v) is 8.83. The van der Waals surface area contributed by atoms with E-state index in [9.17, 15) is 0 Å². The second kappa shape index (κ2) is 4.07. The molecule has 0 aromatic carbocycles. The minimum Gasteiger partial charge on any atom is -0.378 e. The molecule has 4 heteroatoms. The Labute approximate surface area is 85.8 Å². The number of hydrogen-bond donors (Lipinski definition) is 0. The minimum atomic E-state index is 0.814. The summed E-state index contributed by atoms with van der Waals surface area (Å²) in [6.07, 6.45) is 3.64. The van der Waals surface area contributed by atoms with Crippen LogP contribution in [0.1, 0.15) is 0 Å². The molecule has 1 saturated heterocycles. The Morgan fingerprint density at radius 3 is 2.85 bits per heavy atom. The number of anilines is 1. The van der Waals surface area contributed by atoms with Crippen LogP contribution in [0.3, 0.4) is 0 Å². The molecule has 0 atom stereocenters. The van der Waals surface area contributed by atoms with Crippen LogP contribution in [0.2, 0.25) is 0 Å². The summed E-state index contributed by atoms with van der Waals surface area (Å²) in [6, 6.07) is 2.02. The van der Waals surface area contributed by atoms with Gasteiger partial charge in [-0.15, -0.1) is 0 Å². The number of halogens is 1. The van der Waals surface area contributed by atoms with Crippen molar-refractivity contribution in [1.29, 1.82) is 0 Å². The highest BCUT2D eigenvalue weighted by Crippen LogP contribution is 2.24. The van der Waals surface area contributed by atoms with Gasteiger partial charge < -0.3 is 9.64 Å². The smallest absolute Gasteiger partial charge is 0.0642 e. The van der Waals surface area contributed by atoms with E-state index in [1.807, 2.05) is 18.5 Å². The Kier molecular flexibility index (Phi) is 2.80. The van der Waals surface area contributed by atoms with Crippen LogP contribution >= 0.6 is 15.9 Å². The van der Waals surface area contributed by atoms with E-state index in [-0.39, 0.29) is 0 Å². The molecule has 0 radical (unpaired) electrons. The minimum absolute atomic E-state index is 0.814. The molecule has 1 aromatic rings. The molecule has 2 heterocycles. The molecule has 0 N–H and O–H groups in total. The molecule has 2 rings (SSSR count). The van der Waals surface area contributed by atoms with Gasteiger partial charge in [0, 0.05) is 25.5 Å². The van der Waals surface area contributed by atoms with Crippen LogP contribution in [0.25, 0.3) is 0 Å². The van der Waals surface area contributed by atoms with Crippen molar-refractivity contribution in [2.75, 3.05) is 31.2 Å². The molecule has 1 aliphatic rings. The molecule has 13 heavy (non-hydrogen) atoms. The molecular formula is C9H11BrN2O. The average molecular weight is 243 g/mol. The lowest BCUT2D eigenvalue weighted by Gasteiger charge is -2.29. The van der Waals surface area contributed by atoms with E-state index in [1.165, 1.54) is 5.69 Å². The fraction of sp³-hybridized carbons (Fsp3) is 0.444. The summed E-state index contributed by atoms with van der Waals surface area (Å²) < 4.78 is 6.34. The quantitative estimate of drug-likeness (QED) is 0.750. The monoisotopic (exact) mass is 242 g/mol. The first-order chi connectivity index (χ1) is 6.38. The molecule has 1 aromatic heterocycles. The molecule has 1 fully saturated rings. The number of hydrogen-bond acceptors (Lipinski definition) is 3. The fourth-order valence-corrected chi connectivity index (χ4v) is 1.93. The van der Waals surface area contributed by atoms with Gasteiger partial charge in [-0.25, -0.2) is 0 Å². The summed E-state index contributed by atoms with van der Waals surface area (Å²) in [7, 11) is 0. The molecule has 0 saturated carbocycles. The maximum absolute atomic E-state index is 5.29. The number of ether oxygens (including phenoxy) is 1. The highest BCUT2D eigenvalue weighted by atomic mass is 79.9. The molecule has 0 spiro atoms. The lowest BCUT2D eigenvalue weighted by molar-refractivity contribution is 0.122. The van der Waals surface area contributed by atoms with Crippen LogP contribution in [0.5, 0.6) is 0 Å². The Balaban J connectivity index is 2.18. The number of rotatable bonds is 1. The Morgan fingerprint density at radius 2 is 2.15 bits per heavy atom. The number of morpholine rings is 1. The normalized spacial score (nSPS) is 17.5. The van der Waals surface area contributed by atoms with Gasteiger partial charge in [-0.3, -0.25) is 4.98 Å². The maximum atomic E-state index is 5.29. The largest absolute Gasteiger partial charge is 0.378 e. The Hall–Kier alpha value is -0.610. The van der Waals surface area contributed by atoms with E-state index in [4.69, 9.17) is 4.74 Å². The molecule has 3 nitrogen and oxygen atoms in total. The van der Waals surface area contributed by atoms with Crippen molar-refractivity contribution < 1.29 is 4.74 Å². The van der Waals surface area contributed by atoms with Crippen LogP contribution in [0.4, 0.5) is 5.69 Å². The Morgan fingerprint density at radius 1 is 1.38 bits per heavy atom. The van der Waals surface area contributed by atoms with Crippen LogP contribution in [-0.4, -0.2) is 31.3 Å². The molecule has 0 bridgehead atoms. The van der Waals surface area contributed by atoms with Gasteiger partial charge in [0.15, 0.2) is 0 Å². The van der Waals surface area contributed by atoms with E-state index >= 15 is 0 Å². The van der Waals surface area contributed by atoms with Crippen molar-refractivity contribution in [2.24, 2.45) is 0 Å². The van der Waals surface area contributed by atoms with Gasteiger partial charge in [0.25, 0.3) is 0 Å². The van der Waals surface area contributed by atoms with Gasteiger partial charge in [0.05, 0.1) is 23.4 Å². The van der Waals surface area contributed by atoms with Crippen molar-refractivity contribution in [3.05, 3.63) is 22.9 Å². The van der Waals surface area contributed by atoms with E-state index in [0.717, 1.165) is 30.8 Å². The van der Waals surface area contributed by atoms with Crippen molar-refractivity contribution in [1.82, 2.24) is 4.98 Å². The van der Waals surface area contributed by atoms with Gasteiger partial charge >= 0.3 is 0 Å². The van der Waals surface area contributed by atoms with Crippen LogP contribution in [0, 0.1) is 0 Å².